The number of rotatable bonds is 4. The molecule has 1 heterocycles. The third-order valence-corrected chi connectivity index (χ3v) is 6.51. The van der Waals surface area contributed by atoms with Crippen molar-refractivity contribution in [1.82, 2.24) is 4.31 Å². The largest absolute Gasteiger partial charge is 0.218 e. The average Bonchev–Trinajstić information content (AvgIpc) is 2.85. The Bertz CT molecular complexity index is 869. The lowest BCUT2D eigenvalue weighted by molar-refractivity contribution is 0.405. The molecule has 1 unspecified atom stereocenters. The number of halogens is 3. The van der Waals surface area contributed by atoms with E-state index >= 15 is 0 Å². The van der Waals surface area contributed by atoms with Gasteiger partial charge in [-0.1, -0.05) is 18.6 Å². The summed E-state index contributed by atoms with van der Waals surface area (Å²) in [6.07, 6.45) is 2.34. The molecule has 140 valence electrons. The maximum atomic E-state index is 13.8. The molecule has 2 aromatic rings. The van der Waals surface area contributed by atoms with Crippen LogP contribution in [-0.2, 0) is 15.8 Å². The molecule has 0 aliphatic carbocycles. The second-order valence-corrected chi connectivity index (χ2v) is 8.56. The zero-order chi connectivity index (χ0) is 18.7. The van der Waals surface area contributed by atoms with Crippen LogP contribution in [0.3, 0.4) is 0 Å². The van der Waals surface area contributed by atoms with E-state index in [-0.39, 0.29) is 23.8 Å². The molecule has 7 heteroatoms. The molecule has 1 aliphatic heterocycles. The molecular weight excluding hydrogens is 363 g/mol. The van der Waals surface area contributed by atoms with E-state index in [1.165, 1.54) is 16.4 Å². The molecule has 1 atom stereocenters. The standard InChI is InChI=1S/C19H20F3NO2S/c20-17-6-4-14(5-7-17)15-3-1-2-10-23(12-15)26(24,25)13-16-11-18(21)8-9-19(16)22/h4-9,11,15H,1-3,10,12-13H2. The molecule has 3 nitrogen and oxygen atoms in total. The Morgan fingerprint density at radius 1 is 0.962 bits per heavy atom. The van der Waals surface area contributed by atoms with E-state index in [4.69, 9.17) is 0 Å². The average molecular weight is 383 g/mol. The van der Waals surface area contributed by atoms with Gasteiger partial charge in [-0.2, -0.15) is 0 Å². The van der Waals surface area contributed by atoms with Crippen molar-refractivity contribution >= 4 is 10.0 Å². The Morgan fingerprint density at radius 3 is 2.38 bits per heavy atom. The molecule has 0 saturated carbocycles. The van der Waals surface area contributed by atoms with Crippen molar-refractivity contribution < 1.29 is 21.6 Å². The zero-order valence-corrected chi connectivity index (χ0v) is 15.0. The van der Waals surface area contributed by atoms with Crippen molar-refractivity contribution in [1.29, 1.82) is 0 Å². The molecule has 0 bridgehead atoms. The first-order valence-corrected chi connectivity index (χ1v) is 10.1. The minimum atomic E-state index is -3.80. The predicted molar refractivity (Wildman–Crippen MR) is 93.5 cm³/mol. The van der Waals surface area contributed by atoms with Gasteiger partial charge in [0.25, 0.3) is 0 Å². The fraction of sp³-hybridized carbons (Fsp3) is 0.368. The molecule has 1 fully saturated rings. The van der Waals surface area contributed by atoms with Crippen LogP contribution in [0.25, 0.3) is 0 Å². The van der Waals surface area contributed by atoms with E-state index in [0.29, 0.717) is 13.0 Å². The minimum Gasteiger partial charge on any atom is -0.212 e. The summed E-state index contributed by atoms with van der Waals surface area (Å²) in [4.78, 5) is 0. The zero-order valence-electron chi connectivity index (χ0n) is 14.2. The van der Waals surface area contributed by atoms with Crippen molar-refractivity contribution in [2.75, 3.05) is 13.1 Å². The van der Waals surface area contributed by atoms with Crippen molar-refractivity contribution in [2.24, 2.45) is 0 Å². The van der Waals surface area contributed by atoms with Gasteiger partial charge in [-0.05, 0) is 54.7 Å². The molecule has 1 saturated heterocycles. The Morgan fingerprint density at radius 2 is 1.65 bits per heavy atom. The van der Waals surface area contributed by atoms with Crippen LogP contribution in [0.2, 0.25) is 0 Å². The fourth-order valence-corrected chi connectivity index (χ4v) is 4.92. The maximum Gasteiger partial charge on any atom is 0.218 e. The van der Waals surface area contributed by atoms with Crippen molar-refractivity contribution in [3.05, 3.63) is 71.0 Å². The quantitative estimate of drug-likeness (QED) is 0.793. The van der Waals surface area contributed by atoms with Crippen LogP contribution in [0.4, 0.5) is 13.2 Å². The highest BCUT2D eigenvalue weighted by Gasteiger charge is 2.29. The molecule has 0 radical (unpaired) electrons. The second-order valence-electron chi connectivity index (χ2n) is 6.59. The van der Waals surface area contributed by atoms with Gasteiger partial charge in [0.2, 0.25) is 10.0 Å². The molecule has 26 heavy (non-hydrogen) atoms. The molecule has 2 aromatic carbocycles. The van der Waals surface area contributed by atoms with Crippen LogP contribution < -0.4 is 0 Å². The van der Waals surface area contributed by atoms with Gasteiger partial charge >= 0.3 is 0 Å². The summed E-state index contributed by atoms with van der Waals surface area (Å²) in [6.45, 7) is 0.599. The maximum absolute atomic E-state index is 13.8. The third kappa shape index (κ3) is 4.45. The molecular formula is C19H20F3NO2S. The third-order valence-electron chi connectivity index (χ3n) is 4.71. The topological polar surface area (TPSA) is 37.4 Å². The monoisotopic (exact) mass is 383 g/mol. The lowest BCUT2D eigenvalue weighted by atomic mass is 9.95. The summed E-state index contributed by atoms with van der Waals surface area (Å²) in [5.74, 6) is -2.37. The predicted octanol–water partition coefficient (Wildman–Crippen LogP) is 4.20. The lowest BCUT2D eigenvalue weighted by Crippen LogP contribution is -2.35. The first-order chi connectivity index (χ1) is 12.3. The number of benzene rings is 2. The Balaban J connectivity index is 1.81. The van der Waals surface area contributed by atoms with Crippen molar-refractivity contribution in [3.63, 3.8) is 0 Å². The van der Waals surface area contributed by atoms with Gasteiger partial charge in [-0.25, -0.2) is 25.9 Å². The van der Waals surface area contributed by atoms with Gasteiger partial charge in [-0.15, -0.1) is 0 Å². The number of sulfonamides is 1. The van der Waals surface area contributed by atoms with Crippen molar-refractivity contribution in [3.8, 4) is 0 Å². The highest BCUT2D eigenvalue weighted by atomic mass is 32.2. The Labute approximate surface area is 151 Å². The van der Waals surface area contributed by atoms with E-state index in [1.54, 1.807) is 12.1 Å². The van der Waals surface area contributed by atoms with Crippen LogP contribution in [0.1, 0.15) is 36.3 Å². The van der Waals surface area contributed by atoms with E-state index < -0.39 is 27.4 Å². The molecule has 0 N–H and O–H groups in total. The van der Waals surface area contributed by atoms with Crippen LogP contribution in [-0.4, -0.2) is 25.8 Å². The van der Waals surface area contributed by atoms with E-state index in [9.17, 15) is 21.6 Å². The van der Waals surface area contributed by atoms with Gasteiger partial charge < -0.3 is 0 Å². The van der Waals surface area contributed by atoms with Gasteiger partial charge in [0, 0.05) is 18.7 Å². The Hall–Kier alpha value is -1.86. The highest BCUT2D eigenvalue weighted by Crippen LogP contribution is 2.29. The smallest absolute Gasteiger partial charge is 0.212 e. The van der Waals surface area contributed by atoms with Crippen LogP contribution in [0.5, 0.6) is 0 Å². The van der Waals surface area contributed by atoms with Crippen LogP contribution >= 0.6 is 0 Å². The summed E-state index contributed by atoms with van der Waals surface area (Å²) in [5, 5.41) is 0. The lowest BCUT2D eigenvalue weighted by Gasteiger charge is -2.24. The SMILES string of the molecule is O=S(=O)(Cc1cc(F)ccc1F)N1CCCCC(c2ccc(F)cc2)C1. The molecule has 0 amide bonds. The minimum absolute atomic E-state index is 0.0507. The van der Waals surface area contributed by atoms with Gasteiger partial charge in [-0.3, -0.25) is 0 Å². The molecule has 0 aromatic heterocycles. The van der Waals surface area contributed by atoms with Gasteiger partial charge in [0.1, 0.15) is 17.5 Å². The van der Waals surface area contributed by atoms with Gasteiger partial charge in [0.05, 0.1) is 5.75 Å². The normalized spacial score (nSPS) is 19.3. The number of hydrogen-bond donors (Lipinski definition) is 0. The summed E-state index contributed by atoms with van der Waals surface area (Å²) >= 11 is 0. The van der Waals surface area contributed by atoms with E-state index in [1.807, 2.05) is 0 Å². The summed E-state index contributed by atoms with van der Waals surface area (Å²) in [7, 11) is -3.80. The number of nitrogens with zero attached hydrogens (tertiary/aromatic N) is 1. The first kappa shape index (κ1) is 18.9. The van der Waals surface area contributed by atoms with Gasteiger partial charge in [0.15, 0.2) is 0 Å². The summed E-state index contributed by atoms with van der Waals surface area (Å²) < 4.78 is 67.2. The number of hydrogen-bond acceptors (Lipinski definition) is 2. The Kier molecular flexibility index (Phi) is 5.67. The second kappa shape index (κ2) is 7.80. The first-order valence-electron chi connectivity index (χ1n) is 8.52. The summed E-state index contributed by atoms with van der Waals surface area (Å²) in [5.41, 5.74) is 0.706. The van der Waals surface area contributed by atoms with E-state index in [2.05, 4.69) is 0 Å². The van der Waals surface area contributed by atoms with Crippen LogP contribution in [0.15, 0.2) is 42.5 Å². The molecule has 3 rings (SSSR count). The molecule has 0 spiro atoms. The highest BCUT2D eigenvalue weighted by molar-refractivity contribution is 7.88. The van der Waals surface area contributed by atoms with E-state index in [0.717, 1.165) is 36.6 Å². The van der Waals surface area contributed by atoms with Crippen LogP contribution in [0, 0.1) is 17.5 Å². The fourth-order valence-electron chi connectivity index (χ4n) is 3.31. The van der Waals surface area contributed by atoms with Crippen molar-refractivity contribution in [2.45, 2.75) is 30.9 Å². The molecule has 1 aliphatic rings. The summed E-state index contributed by atoms with van der Waals surface area (Å²) in [6, 6.07) is 8.88.